The number of amides is 1. The Morgan fingerprint density at radius 1 is 1.10 bits per heavy atom. The molecule has 1 atom stereocenters. The Hall–Kier alpha value is -3.16. The van der Waals surface area contributed by atoms with E-state index in [2.05, 4.69) is 0 Å². The van der Waals surface area contributed by atoms with E-state index in [4.69, 9.17) is 0 Å². The lowest BCUT2D eigenvalue weighted by Gasteiger charge is -2.27. The summed E-state index contributed by atoms with van der Waals surface area (Å²) in [4.78, 5) is 26.6. The second-order valence-electron chi connectivity index (χ2n) is 7.43. The number of nitrogens with zero attached hydrogens (tertiary/aromatic N) is 1. The quantitative estimate of drug-likeness (QED) is 0.662. The highest BCUT2D eigenvalue weighted by atomic mass is 19.4. The third-order valence-electron chi connectivity index (χ3n) is 4.77. The Bertz CT molecular complexity index is 1010. The van der Waals surface area contributed by atoms with E-state index in [1.807, 2.05) is 0 Å². The second kappa shape index (κ2) is 7.93. The summed E-state index contributed by atoms with van der Waals surface area (Å²) in [5.41, 5.74) is -1.23. The molecule has 4 nitrogen and oxygen atoms in total. The molecule has 158 valence electrons. The summed E-state index contributed by atoms with van der Waals surface area (Å²) in [7, 11) is 0. The maximum Gasteiger partial charge on any atom is 0.416 e. The van der Waals surface area contributed by atoms with Crippen LogP contribution >= 0.6 is 0 Å². The first kappa shape index (κ1) is 21.5. The molecule has 8 heteroatoms. The van der Waals surface area contributed by atoms with Crippen molar-refractivity contribution in [1.82, 2.24) is 0 Å². The molecule has 1 aliphatic rings. The van der Waals surface area contributed by atoms with E-state index >= 15 is 0 Å². The van der Waals surface area contributed by atoms with Crippen LogP contribution in [0.5, 0.6) is 0 Å². The molecule has 0 aromatic heterocycles. The fourth-order valence-corrected chi connectivity index (χ4v) is 3.44. The largest absolute Gasteiger partial charge is 0.503 e. The molecule has 0 saturated carbocycles. The van der Waals surface area contributed by atoms with E-state index in [1.165, 1.54) is 18.2 Å². The number of Topliss-reactive ketones (excluding diaryl/α,β-unsaturated/α-hetero) is 1. The minimum absolute atomic E-state index is 0.000139. The number of carbonyl (C=O) groups excluding carboxylic acids is 2. The minimum Gasteiger partial charge on any atom is -0.503 e. The van der Waals surface area contributed by atoms with Crippen molar-refractivity contribution in [2.24, 2.45) is 5.92 Å². The molecule has 1 N–H and O–H groups in total. The molecule has 2 aromatic rings. The van der Waals surface area contributed by atoms with Crippen molar-refractivity contribution in [3.05, 3.63) is 76.8 Å². The molecule has 30 heavy (non-hydrogen) atoms. The van der Waals surface area contributed by atoms with Gasteiger partial charge in [-0.25, -0.2) is 4.39 Å². The fourth-order valence-electron chi connectivity index (χ4n) is 3.44. The number of aliphatic hydroxyl groups is 1. The first-order valence-corrected chi connectivity index (χ1v) is 9.24. The number of alkyl halides is 3. The highest BCUT2D eigenvalue weighted by Gasteiger charge is 2.45. The fraction of sp³-hybridized carbons (Fsp3) is 0.273. The zero-order valence-corrected chi connectivity index (χ0v) is 16.2. The van der Waals surface area contributed by atoms with E-state index in [9.17, 15) is 32.3 Å². The normalized spacial score (nSPS) is 17.2. The van der Waals surface area contributed by atoms with Crippen molar-refractivity contribution >= 4 is 17.4 Å². The topological polar surface area (TPSA) is 57.6 Å². The van der Waals surface area contributed by atoms with Crippen molar-refractivity contribution in [3.63, 3.8) is 0 Å². The number of anilines is 1. The number of hydrogen-bond donors (Lipinski definition) is 1. The van der Waals surface area contributed by atoms with E-state index in [0.29, 0.717) is 0 Å². The number of halogens is 4. The van der Waals surface area contributed by atoms with Crippen molar-refractivity contribution in [2.45, 2.75) is 32.5 Å². The molecule has 1 aliphatic heterocycles. The van der Waals surface area contributed by atoms with Crippen LogP contribution < -0.4 is 4.90 Å². The third-order valence-corrected chi connectivity index (χ3v) is 4.77. The number of ketones is 1. The van der Waals surface area contributed by atoms with Crippen LogP contribution in [0.1, 0.15) is 37.4 Å². The Morgan fingerprint density at radius 3 is 2.23 bits per heavy atom. The van der Waals surface area contributed by atoms with Crippen LogP contribution in [-0.2, 0) is 15.8 Å². The van der Waals surface area contributed by atoms with Crippen LogP contribution in [0.4, 0.5) is 23.2 Å². The predicted octanol–water partition coefficient (Wildman–Crippen LogP) is 5.36. The van der Waals surface area contributed by atoms with Gasteiger partial charge in [0, 0.05) is 17.7 Å². The number of aliphatic hydroxyl groups excluding tert-OH is 1. The van der Waals surface area contributed by atoms with Crippen LogP contribution in [-0.4, -0.2) is 16.8 Å². The van der Waals surface area contributed by atoms with Gasteiger partial charge in [-0.1, -0.05) is 32.0 Å². The van der Waals surface area contributed by atoms with E-state index in [0.717, 1.165) is 35.2 Å². The number of rotatable bonds is 5. The lowest BCUT2D eigenvalue weighted by Crippen LogP contribution is -2.31. The summed E-state index contributed by atoms with van der Waals surface area (Å²) in [6, 6.07) is 7.83. The molecule has 1 amide bonds. The molecule has 0 spiro atoms. The van der Waals surface area contributed by atoms with Gasteiger partial charge in [0.1, 0.15) is 5.82 Å². The summed E-state index contributed by atoms with van der Waals surface area (Å²) >= 11 is 0. The lowest BCUT2D eigenvalue weighted by atomic mass is 9.91. The number of carbonyl (C=O) groups is 2. The number of hydrogen-bond acceptors (Lipinski definition) is 3. The molecule has 0 radical (unpaired) electrons. The van der Waals surface area contributed by atoms with Gasteiger partial charge in [0.05, 0.1) is 17.2 Å². The standard InChI is InChI=1S/C22H19F4NO3/c1-12(2)11-17(28)18-19(15-5-3-4-6-16(15)23)27(21(30)20(18)29)14-9-7-13(8-10-14)22(24,25)26/h3-10,12,19,29H,11H2,1-2H3. The molecule has 0 fully saturated rings. The smallest absolute Gasteiger partial charge is 0.416 e. The van der Waals surface area contributed by atoms with Crippen molar-refractivity contribution < 1.29 is 32.3 Å². The zero-order valence-electron chi connectivity index (χ0n) is 16.2. The highest BCUT2D eigenvalue weighted by Crippen LogP contribution is 2.43. The summed E-state index contributed by atoms with van der Waals surface area (Å²) in [5, 5.41) is 10.4. The Balaban J connectivity index is 2.14. The monoisotopic (exact) mass is 421 g/mol. The van der Waals surface area contributed by atoms with Gasteiger partial charge in [0.25, 0.3) is 5.91 Å². The van der Waals surface area contributed by atoms with Crippen LogP contribution in [0.2, 0.25) is 0 Å². The van der Waals surface area contributed by atoms with Gasteiger partial charge in [0.15, 0.2) is 11.5 Å². The Morgan fingerprint density at radius 2 is 1.70 bits per heavy atom. The average Bonchev–Trinajstić information content (AvgIpc) is 2.92. The van der Waals surface area contributed by atoms with Crippen LogP contribution in [0, 0.1) is 11.7 Å². The third kappa shape index (κ3) is 3.94. The molecule has 0 bridgehead atoms. The van der Waals surface area contributed by atoms with Gasteiger partial charge < -0.3 is 5.11 Å². The molecule has 2 aromatic carbocycles. The van der Waals surface area contributed by atoms with Gasteiger partial charge >= 0.3 is 6.18 Å². The van der Waals surface area contributed by atoms with Crippen LogP contribution in [0.3, 0.4) is 0 Å². The SMILES string of the molecule is CC(C)CC(=O)C1=C(O)C(=O)N(c2ccc(C(F)(F)F)cc2)C1c1ccccc1F. The Kier molecular flexibility index (Phi) is 5.70. The minimum atomic E-state index is -4.57. The van der Waals surface area contributed by atoms with Crippen LogP contribution in [0.25, 0.3) is 0 Å². The first-order chi connectivity index (χ1) is 14.0. The van der Waals surface area contributed by atoms with Gasteiger partial charge in [-0.3, -0.25) is 14.5 Å². The molecular formula is C22H19F4NO3. The van der Waals surface area contributed by atoms with Crippen molar-refractivity contribution in [2.75, 3.05) is 4.90 Å². The molecule has 0 saturated heterocycles. The maximum atomic E-state index is 14.6. The molecule has 1 unspecified atom stereocenters. The van der Waals surface area contributed by atoms with Gasteiger partial charge in [-0.2, -0.15) is 13.2 Å². The predicted molar refractivity (Wildman–Crippen MR) is 102 cm³/mol. The van der Waals surface area contributed by atoms with Gasteiger partial charge in [0.2, 0.25) is 0 Å². The maximum absolute atomic E-state index is 14.6. The molecule has 1 heterocycles. The first-order valence-electron chi connectivity index (χ1n) is 9.24. The summed E-state index contributed by atoms with van der Waals surface area (Å²) in [6.07, 6.45) is -4.56. The van der Waals surface area contributed by atoms with E-state index in [1.54, 1.807) is 13.8 Å². The summed E-state index contributed by atoms with van der Waals surface area (Å²) in [5.74, 6) is -3.13. The number of benzene rings is 2. The van der Waals surface area contributed by atoms with E-state index < -0.39 is 41.0 Å². The van der Waals surface area contributed by atoms with Gasteiger partial charge in [-0.15, -0.1) is 0 Å². The van der Waals surface area contributed by atoms with Gasteiger partial charge in [-0.05, 0) is 36.2 Å². The molecular weight excluding hydrogens is 402 g/mol. The molecule has 3 rings (SSSR count). The molecule has 0 aliphatic carbocycles. The Labute approximate surface area is 170 Å². The zero-order chi connectivity index (χ0) is 22.2. The second-order valence-corrected chi connectivity index (χ2v) is 7.43. The van der Waals surface area contributed by atoms with Crippen molar-refractivity contribution in [1.29, 1.82) is 0 Å². The van der Waals surface area contributed by atoms with E-state index in [-0.39, 0.29) is 29.2 Å². The lowest BCUT2D eigenvalue weighted by molar-refractivity contribution is -0.137. The highest BCUT2D eigenvalue weighted by molar-refractivity contribution is 6.16. The van der Waals surface area contributed by atoms with Crippen molar-refractivity contribution in [3.8, 4) is 0 Å². The van der Waals surface area contributed by atoms with Crippen LogP contribution in [0.15, 0.2) is 59.9 Å². The average molecular weight is 421 g/mol. The summed E-state index contributed by atoms with van der Waals surface area (Å²) < 4.78 is 53.3. The summed E-state index contributed by atoms with van der Waals surface area (Å²) in [6.45, 7) is 3.55.